The van der Waals surface area contributed by atoms with Crippen molar-refractivity contribution in [2.75, 3.05) is 23.9 Å². The number of rotatable bonds is 3. The van der Waals surface area contributed by atoms with Gasteiger partial charge in [0.15, 0.2) is 9.84 Å². The summed E-state index contributed by atoms with van der Waals surface area (Å²) in [5.41, 5.74) is 0.734. The molecule has 8 heteroatoms. The lowest BCUT2D eigenvalue weighted by atomic mass is 10.1. The van der Waals surface area contributed by atoms with Gasteiger partial charge in [-0.1, -0.05) is 0 Å². The van der Waals surface area contributed by atoms with Crippen molar-refractivity contribution in [3.05, 3.63) is 17.5 Å². The molecule has 1 atom stereocenters. The van der Waals surface area contributed by atoms with Gasteiger partial charge >= 0.3 is 0 Å². The number of nitrogens with one attached hydrogen (secondary N) is 1. The molecular formula is C15H24N4O3S. The van der Waals surface area contributed by atoms with Gasteiger partial charge in [-0.3, -0.25) is 4.79 Å². The van der Waals surface area contributed by atoms with Crippen LogP contribution in [0.4, 0.5) is 5.95 Å². The van der Waals surface area contributed by atoms with Crippen molar-refractivity contribution in [3.8, 4) is 0 Å². The number of hydrogen-bond donors (Lipinski definition) is 1. The molecule has 2 rings (SSSR count). The molecule has 1 aliphatic heterocycles. The quantitative estimate of drug-likeness (QED) is 0.890. The maximum atomic E-state index is 12.6. The van der Waals surface area contributed by atoms with Crippen LogP contribution in [-0.4, -0.2) is 59.3 Å². The lowest BCUT2D eigenvalue weighted by Gasteiger charge is -2.24. The van der Waals surface area contributed by atoms with E-state index in [1.165, 1.54) is 4.90 Å². The number of sulfone groups is 1. The molecule has 128 valence electrons. The highest BCUT2D eigenvalue weighted by atomic mass is 32.2. The van der Waals surface area contributed by atoms with Crippen LogP contribution in [0.2, 0.25) is 0 Å². The largest absolute Gasteiger partial charge is 0.350 e. The Morgan fingerprint density at radius 3 is 2.52 bits per heavy atom. The van der Waals surface area contributed by atoms with Crippen LogP contribution in [-0.2, 0) is 9.84 Å². The zero-order chi connectivity index (χ0) is 17.4. The Kier molecular flexibility index (Phi) is 4.66. The fourth-order valence-corrected chi connectivity index (χ4v) is 4.27. The van der Waals surface area contributed by atoms with Crippen molar-refractivity contribution in [2.45, 2.75) is 45.7 Å². The summed E-state index contributed by atoms with van der Waals surface area (Å²) in [7, 11) is -1.41. The van der Waals surface area contributed by atoms with Crippen molar-refractivity contribution in [1.29, 1.82) is 0 Å². The minimum atomic E-state index is -3.04. The summed E-state index contributed by atoms with van der Waals surface area (Å²) in [5.74, 6) is 0.268. The predicted molar refractivity (Wildman–Crippen MR) is 89.3 cm³/mol. The van der Waals surface area contributed by atoms with Crippen LogP contribution >= 0.6 is 0 Å². The van der Waals surface area contributed by atoms with E-state index in [0.29, 0.717) is 18.1 Å². The fourth-order valence-electron chi connectivity index (χ4n) is 2.50. The first-order chi connectivity index (χ1) is 10.5. The van der Waals surface area contributed by atoms with Crippen LogP contribution in [0.15, 0.2) is 6.07 Å². The Morgan fingerprint density at radius 1 is 1.35 bits per heavy atom. The molecule has 0 saturated carbocycles. The summed E-state index contributed by atoms with van der Waals surface area (Å²) in [6, 6.07) is 1.33. The van der Waals surface area contributed by atoms with E-state index in [1.54, 1.807) is 20.0 Å². The number of hydrogen-bond acceptors (Lipinski definition) is 6. The van der Waals surface area contributed by atoms with Gasteiger partial charge in [0.2, 0.25) is 5.95 Å². The monoisotopic (exact) mass is 340 g/mol. The van der Waals surface area contributed by atoms with Gasteiger partial charge in [0.25, 0.3) is 5.91 Å². The molecule has 2 heterocycles. The molecule has 1 unspecified atom stereocenters. The van der Waals surface area contributed by atoms with E-state index in [1.807, 2.05) is 20.8 Å². The second kappa shape index (κ2) is 6.07. The van der Waals surface area contributed by atoms with Gasteiger partial charge in [0.1, 0.15) is 5.69 Å². The maximum Gasteiger partial charge on any atom is 0.272 e. The minimum Gasteiger partial charge on any atom is -0.350 e. The molecule has 0 radical (unpaired) electrons. The van der Waals surface area contributed by atoms with Gasteiger partial charge in [0, 0.05) is 24.3 Å². The SMILES string of the molecule is Cc1cc(C(=O)N(C)C2CCS(=O)(=O)C2)nc(NC(C)(C)C)n1. The Bertz CT molecular complexity index is 710. The number of carbonyl (C=O) groups is 1. The Morgan fingerprint density at radius 2 is 2.00 bits per heavy atom. The van der Waals surface area contributed by atoms with E-state index in [9.17, 15) is 13.2 Å². The molecule has 1 N–H and O–H groups in total. The van der Waals surface area contributed by atoms with E-state index >= 15 is 0 Å². The summed E-state index contributed by atoms with van der Waals surface area (Å²) < 4.78 is 23.2. The predicted octanol–water partition coefficient (Wildman–Crippen LogP) is 1.25. The molecule has 1 aromatic rings. The summed E-state index contributed by atoms with van der Waals surface area (Å²) in [6.07, 6.45) is 0.474. The number of aromatic nitrogens is 2. The van der Waals surface area contributed by atoms with Crippen molar-refractivity contribution >= 4 is 21.7 Å². The van der Waals surface area contributed by atoms with Crippen LogP contribution in [0.1, 0.15) is 43.4 Å². The molecule has 1 fully saturated rings. The number of anilines is 1. The van der Waals surface area contributed by atoms with Gasteiger partial charge in [-0.25, -0.2) is 18.4 Å². The molecule has 1 aromatic heterocycles. The zero-order valence-corrected chi connectivity index (χ0v) is 15.1. The fraction of sp³-hybridized carbons (Fsp3) is 0.667. The Labute approximate surface area is 137 Å². The summed E-state index contributed by atoms with van der Waals surface area (Å²) in [5, 5.41) is 3.15. The third kappa shape index (κ3) is 4.63. The molecule has 7 nitrogen and oxygen atoms in total. The molecule has 23 heavy (non-hydrogen) atoms. The van der Waals surface area contributed by atoms with Crippen LogP contribution in [0.5, 0.6) is 0 Å². The number of amides is 1. The smallest absolute Gasteiger partial charge is 0.272 e. The average Bonchev–Trinajstić information content (AvgIpc) is 2.74. The lowest BCUT2D eigenvalue weighted by Crippen LogP contribution is -2.38. The second-order valence-electron chi connectivity index (χ2n) is 7.07. The van der Waals surface area contributed by atoms with Crippen molar-refractivity contribution in [3.63, 3.8) is 0 Å². The first-order valence-electron chi connectivity index (χ1n) is 7.58. The van der Waals surface area contributed by atoms with E-state index in [-0.39, 0.29) is 34.7 Å². The van der Waals surface area contributed by atoms with E-state index in [0.717, 1.165) is 0 Å². The van der Waals surface area contributed by atoms with Crippen molar-refractivity contribution in [1.82, 2.24) is 14.9 Å². The molecular weight excluding hydrogens is 316 g/mol. The first-order valence-corrected chi connectivity index (χ1v) is 9.40. The van der Waals surface area contributed by atoms with Gasteiger partial charge in [0.05, 0.1) is 11.5 Å². The highest BCUT2D eigenvalue weighted by molar-refractivity contribution is 7.91. The van der Waals surface area contributed by atoms with Crippen molar-refractivity contribution in [2.24, 2.45) is 0 Å². The Balaban J connectivity index is 2.22. The van der Waals surface area contributed by atoms with E-state index in [2.05, 4.69) is 15.3 Å². The van der Waals surface area contributed by atoms with E-state index in [4.69, 9.17) is 0 Å². The first kappa shape index (κ1) is 17.7. The lowest BCUT2D eigenvalue weighted by molar-refractivity contribution is 0.0741. The summed E-state index contributed by atoms with van der Waals surface area (Å²) in [4.78, 5) is 22.7. The third-order valence-electron chi connectivity index (χ3n) is 3.64. The van der Waals surface area contributed by atoms with Gasteiger partial charge in [-0.2, -0.15) is 0 Å². The van der Waals surface area contributed by atoms with Crippen LogP contribution < -0.4 is 5.32 Å². The summed E-state index contributed by atoms with van der Waals surface area (Å²) in [6.45, 7) is 7.74. The molecule has 0 spiro atoms. The van der Waals surface area contributed by atoms with Crippen LogP contribution in [0.25, 0.3) is 0 Å². The van der Waals surface area contributed by atoms with Gasteiger partial charge in [-0.15, -0.1) is 0 Å². The molecule has 0 aromatic carbocycles. The zero-order valence-electron chi connectivity index (χ0n) is 14.3. The molecule has 1 aliphatic rings. The molecule has 1 saturated heterocycles. The summed E-state index contributed by atoms with van der Waals surface area (Å²) >= 11 is 0. The topological polar surface area (TPSA) is 92.3 Å². The average molecular weight is 340 g/mol. The van der Waals surface area contributed by atoms with E-state index < -0.39 is 9.84 Å². The van der Waals surface area contributed by atoms with Gasteiger partial charge in [-0.05, 0) is 40.2 Å². The minimum absolute atomic E-state index is 0.0202. The highest BCUT2D eigenvalue weighted by Gasteiger charge is 2.33. The highest BCUT2D eigenvalue weighted by Crippen LogP contribution is 2.19. The maximum absolute atomic E-state index is 12.6. The van der Waals surface area contributed by atoms with Gasteiger partial charge < -0.3 is 10.2 Å². The molecule has 1 amide bonds. The molecule has 0 bridgehead atoms. The standard InChI is InChI=1S/C15H24N4O3S/c1-10-8-12(17-14(16-10)18-15(2,3)4)13(20)19(5)11-6-7-23(21,22)9-11/h8,11H,6-7,9H2,1-5H3,(H,16,17,18). The van der Waals surface area contributed by atoms with Crippen molar-refractivity contribution < 1.29 is 13.2 Å². The third-order valence-corrected chi connectivity index (χ3v) is 5.39. The Hall–Kier alpha value is -1.70. The van der Waals surface area contributed by atoms with Crippen LogP contribution in [0, 0.1) is 6.92 Å². The van der Waals surface area contributed by atoms with Crippen LogP contribution in [0.3, 0.4) is 0 Å². The molecule has 0 aliphatic carbocycles. The normalized spacial score (nSPS) is 20.3. The number of aryl methyl sites for hydroxylation is 1. The number of carbonyl (C=O) groups excluding carboxylic acids is 1. The number of nitrogens with zero attached hydrogens (tertiary/aromatic N) is 3. The second-order valence-corrected chi connectivity index (χ2v) is 9.29.